The van der Waals surface area contributed by atoms with Crippen LogP contribution in [0, 0.1) is 6.92 Å². The molecule has 0 spiro atoms. The summed E-state index contributed by atoms with van der Waals surface area (Å²) in [5.74, 6) is 0.204. The van der Waals surface area contributed by atoms with Crippen molar-refractivity contribution in [3.63, 3.8) is 0 Å². The Kier molecular flexibility index (Phi) is 4.99. The third kappa shape index (κ3) is 3.79. The van der Waals surface area contributed by atoms with E-state index in [4.69, 9.17) is 0 Å². The molecule has 1 saturated heterocycles. The maximum absolute atomic E-state index is 11.9. The van der Waals surface area contributed by atoms with Gasteiger partial charge in [-0.3, -0.25) is 9.59 Å². The van der Waals surface area contributed by atoms with Crippen molar-refractivity contribution in [3.8, 4) is 0 Å². The zero-order valence-corrected chi connectivity index (χ0v) is 13.3. The molecule has 2 heterocycles. The Morgan fingerprint density at radius 1 is 1.58 bits per heavy atom. The summed E-state index contributed by atoms with van der Waals surface area (Å²) in [5, 5.41) is 2.89. The van der Waals surface area contributed by atoms with Gasteiger partial charge >= 0.3 is 0 Å². The van der Waals surface area contributed by atoms with Crippen molar-refractivity contribution < 1.29 is 9.59 Å². The molecule has 0 saturated carbocycles. The Morgan fingerprint density at radius 3 is 2.95 bits per heavy atom. The van der Waals surface area contributed by atoms with Crippen molar-refractivity contribution in [2.24, 2.45) is 0 Å². The highest BCUT2D eigenvalue weighted by atomic mass is 79.9. The first-order valence-electron chi connectivity index (χ1n) is 6.40. The van der Waals surface area contributed by atoms with Gasteiger partial charge in [0.1, 0.15) is 0 Å². The molecule has 1 aliphatic rings. The van der Waals surface area contributed by atoms with E-state index in [1.807, 2.05) is 17.9 Å². The fourth-order valence-electron chi connectivity index (χ4n) is 2.07. The average molecular weight is 345 g/mol. The number of nitrogens with zero attached hydrogens (tertiary/aromatic N) is 1. The summed E-state index contributed by atoms with van der Waals surface area (Å²) in [6, 6.07) is 1.88. The average Bonchev–Trinajstić information content (AvgIpc) is 2.92. The number of likely N-dealkylation sites (tertiary alicyclic amines) is 1. The zero-order valence-electron chi connectivity index (χ0n) is 10.9. The number of carbonyl (C=O) groups excluding carboxylic acids is 2. The zero-order chi connectivity index (χ0) is 13.8. The molecule has 0 bridgehead atoms. The van der Waals surface area contributed by atoms with Gasteiger partial charge in [-0.05, 0) is 47.3 Å². The van der Waals surface area contributed by atoms with Crippen molar-refractivity contribution in [2.75, 3.05) is 19.6 Å². The van der Waals surface area contributed by atoms with Crippen LogP contribution in [0.5, 0.6) is 0 Å². The van der Waals surface area contributed by atoms with E-state index in [1.165, 1.54) is 11.3 Å². The molecule has 104 valence electrons. The van der Waals surface area contributed by atoms with Crippen molar-refractivity contribution in [2.45, 2.75) is 26.2 Å². The molecular formula is C13H17BrN2O2S. The third-order valence-electron chi connectivity index (χ3n) is 3.14. The van der Waals surface area contributed by atoms with Crippen molar-refractivity contribution in [1.29, 1.82) is 0 Å². The summed E-state index contributed by atoms with van der Waals surface area (Å²) in [4.78, 5) is 25.9. The van der Waals surface area contributed by atoms with Gasteiger partial charge < -0.3 is 10.2 Å². The fraction of sp³-hybridized carbons (Fsp3) is 0.538. The maximum atomic E-state index is 11.9. The van der Waals surface area contributed by atoms with Gasteiger partial charge in [0.05, 0.1) is 8.66 Å². The second kappa shape index (κ2) is 6.52. The van der Waals surface area contributed by atoms with Crippen LogP contribution in [-0.4, -0.2) is 36.3 Å². The molecule has 1 aliphatic heterocycles. The lowest BCUT2D eigenvalue weighted by Gasteiger charge is -2.15. The van der Waals surface area contributed by atoms with Gasteiger partial charge in [-0.1, -0.05) is 0 Å². The molecule has 1 aromatic rings. The lowest BCUT2D eigenvalue weighted by Crippen LogP contribution is -2.30. The predicted molar refractivity (Wildman–Crippen MR) is 79.5 cm³/mol. The van der Waals surface area contributed by atoms with E-state index >= 15 is 0 Å². The van der Waals surface area contributed by atoms with Crippen LogP contribution in [0.15, 0.2) is 9.85 Å². The van der Waals surface area contributed by atoms with E-state index < -0.39 is 0 Å². The van der Waals surface area contributed by atoms with Crippen LogP contribution >= 0.6 is 27.3 Å². The highest BCUT2D eigenvalue weighted by Gasteiger charge is 2.19. The number of halogens is 1. The van der Waals surface area contributed by atoms with Gasteiger partial charge in [-0.15, -0.1) is 11.3 Å². The lowest BCUT2D eigenvalue weighted by atomic mass is 10.3. The Morgan fingerprint density at radius 2 is 2.37 bits per heavy atom. The highest BCUT2D eigenvalue weighted by Crippen LogP contribution is 2.27. The van der Waals surface area contributed by atoms with E-state index in [1.54, 1.807) is 0 Å². The topological polar surface area (TPSA) is 49.4 Å². The first-order valence-corrected chi connectivity index (χ1v) is 8.01. The second-order valence-electron chi connectivity index (χ2n) is 4.66. The second-order valence-corrected chi connectivity index (χ2v) is 7.03. The number of hydrogen-bond donors (Lipinski definition) is 1. The molecule has 0 aromatic carbocycles. The molecule has 1 fully saturated rings. The van der Waals surface area contributed by atoms with Crippen LogP contribution in [0.3, 0.4) is 0 Å². The minimum atomic E-state index is -0.0356. The maximum Gasteiger partial charge on any atom is 0.261 e. The van der Waals surface area contributed by atoms with Gasteiger partial charge in [0.15, 0.2) is 0 Å². The van der Waals surface area contributed by atoms with Crippen molar-refractivity contribution in [3.05, 3.63) is 20.3 Å². The number of thiophene rings is 1. The van der Waals surface area contributed by atoms with Crippen molar-refractivity contribution in [1.82, 2.24) is 10.2 Å². The SMILES string of the molecule is Cc1cc(C(=O)NCCCN2CCCC2=O)sc1Br. The smallest absolute Gasteiger partial charge is 0.261 e. The van der Waals surface area contributed by atoms with Crippen LogP contribution in [-0.2, 0) is 4.79 Å². The standard InChI is InChI=1S/C13H17BrN2O2S/c1-9-8-10(19-12(9)14)13(18)15-5-3-7-16-6-2-4-11(16)17/h8H,2-7H2,1H3,(H,15,18). The van der Waals surface area contributed by atoms with Gasteiger partial charge in [0, 0.05) is 26.1 Å². The molecule has 0 radical (unpaired) electrons. The molecule has 0 unspecified atom stereocenters. The normalized spacial score (nSPS) is 15.1. The summed E-state index contributed by atoms with van der Waals surface area (Å²) in [6.07, 6.45) is 2.45. The van der Waals surface area contributed by atoms with E-state index in [-0.39, 0.29) is 11.8 Å². The number of rotatable bonds is 5. The van der Waals surface area contributed by atoms with Gasteiger partial charge in [0.25, 0.3) is 5.91 Å². The van der Waals surface area contributed by atoms with E-state index in [9.17, 15) is 9.59 Å². The van der Waals surface area contributed by atoms with E-state index in [0.29, 0.717) is 13.0 Å². The van der Waals surface area contributed by atoms with Crippen LogP contribution in [0.25, 0.3) is 0 Å². The van der Waals surface area contributed by atoms with Gasteiger partial charge in [-0.2, -0.15) is 0 Å². The van der Waals surface area contributed by atoms with Gasteiger partial charge in [-0.25, -0.2) is 0 Å². The number of aryl methyl sites for hydroxylation is 1. The molecule has 1 N–H and O–H groups in total. The minimum Gasteiger partial charge on any atom is -0.351 e. The lowest BCUT2D eigenvalue weighted by molar-refractivity contribution is -0.127. The number of amides is 2. The van der Waals surface area contributed by atoms with Gasteiger partial charge in [0.2, 0.25) is 5.91 Å². The molecule has 2 amide bonds. The Bertz CT molecular complexity index is 467. The number of carbonyl (C=O) groups is 2. The summed E-state index contributed by atoms with van der Waals surface area (Å²) >= 11 is 4.86. The first-order chi connectivity index (χ1) is 9.08. The quantitative estimate of drug-likeness (QED) is 0.834. The van der Waals surface area contributed by atoms with E-state index in [0.717, 1.165) is 40.2 Å². The molecule has 19 heavy (non-hydrogen) atoms. The van der Waals surface area contributed by atoms with E-state index in [2.05, 4.69) is 21.2 Å². The summed E-state index contributed by atoms with van der Waals surface area (Å²) in [6.45, 7) is 4.18. The first kappa shape index (κ1) is 14.5. The van der Waals surface area contributed by atoms with Crippen LogP contribution in [0.2, 0.25) is 0 Å². The summed E-state index contributed by atoms with van der Waals surface area (Å²) < 4.78 is 1.00. The molecule has 0 aliphatic carbocycles. The third-order valence-corrected chi connectivity index (χ3v) is 5.28. The molecular weight excluding hydrogens is 328 g/mol. The van der Waals surface area contributed by atoms with Crippen molar-refractivity contribution >= 4 is 39.1 Å². The molecule has 6 heteroatoms. The molecule has 1 aromatic heterocycles. The largest absolute Gasteiger partial charge is 0.351 e. The fourth-order valence-corrected chi connectivity index (χ4v) is 3.52. The number of nitrogens with one attached hydrogen (secondary N) is 1. The van der Waals surface area contributed by atoms with Crippen LogP contribution < -0.4 is 5.32 Å². The van der Waals surface area contributed by atoms with Crippen LogP contribution in [0.1, 0.15) is 34.5 Å². The Balaban J connectivity index is 1.70. The minimum absolute atomic E-state index is 0.0356. The molecule has 0 atom stereocenters. The highest BCUT2D eigenvalue weighted by molar-refractivity contribution is 9.11. The Labute approximate surface area is 125 Å². The number of hydrogen-bond acceptors (Lipinski definition) is 3. The van der Waals surface area contributed by atoms with Crippen LogP contribution in [0.4, 0.5) is 0 Å². The Hall–Kier alpha value is -0.880. The summed E-state index contributed by atoms with van der Waals surface area (Å²) in [7, 11) is 0. The monoisotopic (exact) mass is 344 g/mol. The molecule has 4 nitrogen and oxygen atoms in total. The summed E-state index contributed by atoms with van der Waals surface area (Å²) in [5.41, 5.74) is 1.08. The predicted octanol–water partition coefficient (Wildman–Crippen LogP) is 2.56. The molecule has 2 rings (SSSR count).